The normalized spacial score (nSPS) is 26.3. The van der Waals surface area contributed by atoms with Gasteiger partial charge < -0.3 is 24.6 Å². The largest absolute Gasteiger partial charge is 0.491 e. The second kappa shape index (κ2) is 11.6. The summed E-state index contributed by atoms with van der Waals surface area (Å²) >= 11 is 0. The molecule has 1 N–H and O–H groups in total. The molecule has 2 saturated carbocycles. The fourth-order valence-electron chi connectivity index (χ4n) is 5.33. The number of nitrogens with one attached hydrogen (secondary N) is 1. The van der Waals surface area contributed by atoms with E-state index >= 15 is 0 Å². The summed E-state index contributed by atoms with van der Waals surface area (Å²) in [6.07, 6.45) is 6.89. The van der Waals surface area contributed by atoms with Crippen LogP contribution in [0.25, 0.3) is 0 Å². The Hall–Kier alpha value is -2.61. The van der Waals surface area contributed by atoms with Crippen molar-refractivity contribution in [1.82, 2.24) is 9.80 Å². The summed E-state index contributed by atoms with van der Waals surface area (Å²) in [5.41, 5.74) is 1.04. The number of ether oxygens (including phenoxy) is 2. The Balaban J connectivity index is 1.62. The maximum atomic E-state index is 13.6. The Morgan fingerprint density at radius 1 is 1.03 bits per heavy atom. The third kappa shape index (κ3) is 6.20. The SMILES string of the molecule is CO[C@@H]1CN(C)C(=O)c2ccc(NC(=O)C3CC3)cc2OC[C@H](C)N(C(=O)C2CCCCC2)C[C@@H]1C. The Morgan fingerprint density at radius 2 is 1.75 bits per heavy atom. The number of benzene rings is 1. The number of fused-ring (bicyclic) bond motifs is 1. The van der Waals surface area contributed by atoms with Gasteiger partial charge in [-0.3, -0.25) is 14.4 Å². The van der Waals surface area contributed by atoms with Crippen molar-refractivity contribution in [2.24, 2.45) is 17.8 Å². The van der Waals surface area contributed by atoms with Gasteiger partial charge in [0.2, 0.25) is 11.8 Å². The molecule has 0 radical (unpaired) electrons. The molecule has 2 fully saturated rings. The van der Waals surface area contributed by atoms with Crippen molar-refractivity contribution in [3.8, 4) is 5.75 Å². The van der Waals surface area contributed by atoms with Crippen LogP contribution in [0.4, 0.5) is 5.69 Å². The zero-order chi connectivity index (χ0) is 25.8. The Labute approximate surface area is 214 Å². The molecular formula is C28H41N3O5. The van der Waals surface area contributed by atoms with Gasteiger partial charge in [-0.15, -0.1) is 0 Å². The molecule has 3 aliphatic rings. The van der Waals surface area contributed by atoms with Gasteiger partial charge in [-0.1, -0.05) is 26.2 Å². The van der Waals surface area contributed by atoms with Gasteiger partial charge in [-0.25, -0.2) is 0 Å². The van der Waals surface area contributed by atoms with E-state index in [1.807, 2.05) is 11.8 Å². The van der Waals surface area contributed by atoms with Crippen LogP contribution in [0.1, 0.15) is 69.2 Å². The van der Waals surface area contributed by atoms with E-state index in [1.165, 1.54) is 6.42 Å². The quantitative estimate of drug-likeness (QED) is 0.678. The summed E-state index contributed by atoms with van der Waals surface area (Å²) in [6, 6.07) is 5.01. The Bertz CT molecular complexity index is 957. The number of carbonyl (C=O) groups excluding carboxylic acids is 3. The molecule has 1 heterocycles. The molecule has 0 bridgehead atoms. The highest BCUT2D eigenvalue weighted by atomic mass is 16.5. The lowest BCUT2D eigenvalue weighted by molar-refractivity contribution is -0.141. The van der Waals surface area contributed by atoms with Gasteiger partial charge in [-0.2, -0.15) is 0 Å². The van der Waals surface area contributed by atoms with Crippen LogP contribution >= 0.6 is 0 Å². The molecule has 4 rings (SSSR count). The van der Waals surface area contributed by atoms with Crippen LogP contribution in [0.2, 0.25) is 0 Å². The maximum absolute atomic E-state index is 13.6. The van der Waals surface area contributed by atoms with Crippen molar-refractivity contribution < 1.29 is 23.9 Å². The first-order valence-corrected chi connectivity index (χ1v) is 13.4. The van der Waals surface area contributed by atoms with E-state index in [2.05, 4.69) is 12.2 Å². The van der Waals surface area contributed by atoms with Crippen LogP contribution in [0.3, 0.4) is 0 Å². The van der Waals surface area contributed by atoms with E-state index in [4.69, 9.17) is 9.47 Å². The second-order valence-electron chi connectivity index (χ2n) is 10.9. The average molecular weight is 500 g/mol. The average Bonchev–Trinajstić information content (AvgIpc) is 3.74. The summed E-state index contributed by atoms with van der Waals surface area (Å²) in [4.78, 5) is 42.9. The van der Waals surface area contributed by atoms with Crippen LogP contribution in [0.15, 0.2) is 18.2 Å². The number of nitrogens with zero attached hydrogens (tertiary/aromatic N) is 2. The molecule has 0 saturated heterocycles. The monoisotopic (exact) mass is 499 g/mol. The fraction of sp³-hybridized carbons (Fsp3) is 0.679. The van der Waals surface area contributed by atoms with Crippen molar-refractivity contribution >= 4 is 23.4 Å². The smallest absolute Gasteiger partial charge is 0.257 e. The fourth-order valence-corrected chi connectivity index (χ4v) is 5.33. The summed E-state index contributed by atoms with van der Waals surface area (Å²) in [6.45, 7) is 5.29. The minimum Gasteiger partial charge on any atom is -0.491 e. The van der Waals surface area contributed by atoms with Crippen LogP contribution < -0.4 is 10.1 Å². The highest BCUT2D eigenvalue weighted by molar-refractivity contribution is 5.99. The molecule has 0 spiro atoms. The minimum absolute atomic E-state index is 0.00101. The number of rotatable bonds is 4. The molecule has 0 aromatic heterocycles. The van der Waals surface area contributed by atoms with Crippen LogP contribution in [-0.2, 0) is 14.3 Å². The molecule has 1 aromatic rings. The summed E-state index contributed by atoms with van der Waals surface area (Å²) < 4.78 is 12.0. The molecule has 8 heteroatoms. The number of amides is 3. The lowest BCUT2D eigenvalue weighted by Gasteiger charge is -2.38. The van der Waals surface area contributed by atoms with E-state index in [9.17, 15) is 14.4 Å². The molecule has 3 amide bonds. The molecule has 198 valence electrons. The van der Waals surface area contributed by atoms with Crippen molar-refractivity contribution in [3.63, 3.8) is 0 Å². The molecule has 8 nitrogen and oxygen atoms in total. The highest BCUT2D eigenvalue weighted by Gasteiger charge is 2.34. The third-order valence-electron chi connectivity index (χ3n) is 7.90. The Morgan fingerprint density at radius 3 is 2.42 bits per heavy atom. The first-order valence-electron chi connectivity index (χ1n) is 13.4. The Kier molecular flexibility index (Phi) is 8.54. The van der Waals surface area contributed by atoms with Crippen molar-refractivity contribution in [2.45, 2.75) is 70.9 Å². The lowest BCUT2D eigenvalue weighted by Crippen LogP contribution is -2.50. The van der Waals surface area contributed by atoms with E-state index in [0.29, 0.717) is 30.1 Å². The predicted molar refractivity (Wildman–Crippen MR) is 138 cm³/mol. The second-order valence-corrected chi connectivity index (χ2v) is 10.9. The minimum atomic E-state index is -0.214. The highest BCUT2D eigenvalue weighted by Crippen LogP contribution is 2.32. The van der Waals surface area contributed by atoms with Crippen molar-refractivity contribution in [1.29, 1.82) is 0 Å². The van der Waals surface area contributed by atoms with Gasteiger partial charge in [0.1, 0.15) is 12.4 Å². The zero-order valence-electron chi connectivity index (χ0n) is 22.1. The van der Waals surface area contributed by atoms with Crippen molar-refractivity contribution in [3.05, 3.63) is 23.8 Å². The van der Waals surface area contributed by atoms with E-state index in [0.717, 1.165) is 38.5 Å². The van der Waals surface area contributed by atoms with E-state index < -0.39 is 0 Å². The predicted octanol–water partition coefficient (Wildman–Crippen LogP) is 3.95. The van der Waals surface area contributed by atoms with Gasteiger partial charge in [0.25, 0.3) is 5.91 Å². The topological polar surface area (TPSA) is 88.2 Å². The molecule has 36 heavy (non-hydrogen) atoms. The van der Waals surface area contributed by atoms with Crippen LogP contribution in [0, 0.1) is 17.8 Å². The van der Waals surface area contributed by atoms with Crippen LogP contribution in [0.5, 0.6) is 5.75 Å². The van der Waals surface area contributed by atoms with Gasteiger partial charge in [-0.05, 0) is 44.7 Å². The maximum Gasteiger partial charge on any atom is 0.257 e. The van der Waals surface area contributed by atoms with Crippen molar-refractivity contribution in [2.75, 3.05) is 39.2 Å². The molecule has 0 unspecified atom stereocenters. The number of hydrogen-bond donors (Lipinski definition) is 1. The number of hydrogen-bond acceptors (Lipinski definition) is 5. The third-order valence-corrected chi connectivity index (χ3v) is 7.90. The summed E-state index contributed by atoms with van der Waals surface area (Å²) in [5, 5.41) is 2.94. The molecule has 1 aliphatic heterocycles. The number of carbonyl (C=O) groups is 3. The zero-order valence-corrected chi connectivity index (χ0v) is 22.1. The number of methoxy groups -OCH3 is 1. The number of anilines is 1. The van der Waals surface area contributed by atoms with Gasteiger partial charge >= 0.3 is 0 Å². The van der Waals surface area contributed by atoms with E-state index in [-0.39, 0.29) is 54.2 Å². The van der Waals surface area contributed by atoms with Gasteiger partial charge in [0.05, 0.1) is 17.7 Å². The number of likely N-dealkylation sites (N-methyl/N-ethyl adjacent to an activating group) is 1. The molecule has 3 atom stereocenters. The first-order chi connectivity index (χ1) is 17.3. The van der Waals surface area contributed by atoms with Crippen LogP contribution in [-0.4, -0.2) is 73.5 Å². The summed E-state index contributed by atoms with van der Waals surface area (Å²) in [5.74, 6) is 0.623. The molecule has 2 aliphatic carbocycles. The first kappa shape index (κ1) is 26.5. The lowest BCUT2D eigenvalue weighted by atomic mass is 9.87. The van der Waals surface area contributed by atoms with Gasteiger partial charge in [0.15, 0.2) is 0 Å². The molecule has 1 aromatic carbocycles. The van der Waals surface area contributed by atoms with Gasteiger partial charge in [0, 0.05) is 56.8 Å². The standard InChI is InChI=1S/C28H41N3O5/c1-18-15-31(27(33)21-8-6-5-7-9-21)19(2)17-36-24-14-22(29-26(32)20-10-11-20)12-13-23(24)28(34)30(3)16-25(18)35-4/h12-14,18-21,25H,5-11,15-17H2,1-4H3,(H,29,32)/t18-,19-,25+/m0/s1. The summed E-state index contributed by atoms with van der Waals surface area (Å²) in [7, 11) is 3.42. The van der Waals surface area contributed by atoms with E-state index in [1.54, 1.807) is 37.3 Å². The molecular weight excluding hydrogens is 458 g/mol.